The molecule has 1 aromatic carbocycles. The molecular formula is C18H17NO6. The van der Waals surface area contributed by atoms with E-state index in [9.17, 15) is 19.2 Å². The summed E-state index contributed by atoms with van der Waals surface area (Å²) < 4.78 is 9.91. The van der Waals surface area contributed by atoms with Crippen LogP contribution in [0.4, 0.5) is 0 Å². The highest BCUT2D eigenvalue weighted by atomic mass is 16.5. The molecule has 0 fully saturated rings. The third kappa shape index (κ3) is 4.41. The van der Waals surface area contributed by atoms with E-state index in [1.807, 2.05) is 0 Å². The number of nitrogens with one attached hydrogen (secondary N) is 1. The van der Waals surface area contributed by atoms with Crippen LogP contribution >= 0.6 is 0 Å². The molecule has 1 aliphatic heterocycles. The maximum absolute atomic E-state index is 11.8. The molecule has 2 amide bonds. The number of fused-ring (bicyclic) bond motifs is 1. The molecule has 0 spiro atoms. The minimum absolute atomic E-state index is 0.0959. The van der Waals surface area contributed by atoms with E-state index in [4.69, 9.17) is 9.47 Å². The highest BCUT2D eigenvalue weighted by Gasteiger charge is 2.28. The summed E-state index contributed by atoms with van der Waals surface area (Å²) in [5.41, 5.74) is 2.02. The smallest absolute Gasteiger partial charge is 0.330 e. The van der Waals surface area contributed by atoms with Gasteiger partial charge in [-0.25, -0.2) is 9.59 Å². The summed E-state index contributed by atoms with van der Waals surface area (Å²) in [5, 5.41) is 2.23. The lowest BCUT2D eigenvalue weighted by atomic mass is 9.96. The highest BCUT2D eigenvalue weighted by molar-refractivity contribution is 6.21. The van der Waals surface area contributed by atoms with E-state index in [-0.39, 0.29) is 24.3 Å². The van der Waals surface area contributed by atoms with E-state index in [0.29, 0.717) is 12.8 Å². The Hall–Kier alpha value is -3.22. The summed E-state index contributed by atoms with van der Waals surface area (Å²) in [6, 6.07) is 3.20. The van der Waals surface area contributed by atoms with Crippen LogP contribution in [0.15, 0.2) is 37.4 Å². The van der Waals surface area contributed by atoms with Gasteiger partial charge in [-0.3, -0.25) is 14.9 Å². The Morgan fingerprint density at radius 3 is 1.64 bits per heavy atom. The lowest BCUT2D eigenvalue weighted by molar-refractivity contribution is -0.138. The Labute approximate surface area is 144 Å². The molecular weight excluding hydrogens is 326 g/mol. The summed E-state index contributed by atoms with van der Waals surface area (Å²) in [4.78, 5) is 45.9. The summed E-state index contributed by atoms with van der Waals surface area (Å²) >= 11 is 0. The molecule has 1 heterocycles. The average Bonchev–Trinajstić information content (AvgIpc) is 2.88. The fourth-order valence-electron chi connectivity index (χ4n) is 2.41. The van der Waals surface area contributed by atoms with E-state index in [0.717, 1.165) is 23.3 Å². The fourth-order valence-corrected chi connectivity index (χ4v) is 2.41. The van der Waals surface area contributed by atoms with E-state index in [1.165, 1.54) is 0 Å². The summed E-state index contributed by atoms with van der Waals surface area (Å²) in [5.74, 6) is -2.02. The number of benzene rings is 1. The van der Waals surface area contributed by atoms with Gasteiger partial charge in [0.05, 0.1) is 24.3 Å². The second-order valence-electron chi connectivity index (χ2n) is 5.19. The maximum atomic E-state index is 11.8. The average molecular weight is 343 g/mol. The van der Waals surface area contributed by atoms with Crippen molar-refractivity contribution in [2.45, 2.75) is 12.8 Å². The number of ether oxygens (including phenoxy) is 2. The number of rotatable bonds is 8. The van der Waals surface area contributed by atoms with Crippen LogP contribution in [0, 0.1) is 0 Å². The van der Waals surface area contributed by atoms with Crippen LogP contribution in [0.1, 0.15) is 31.8 Å². The Balaban J connectivity index is 2.19. The number of hydrogen-bond acceptors (Lipinski definition) is 6. The van der Waals surface area contributed by atoms with Crippen molar-refractivity contribution in [3.8, 4) is 0 Å². The molecule has 7 nitrogen and oxygen atoms in total. The first-order valence-electron chi connectivity index (χ1n) is 7.56. The lowest BCUT2D eigenvalue weighted by Crippen LogP contribution is -2.19. The van der Waals surface area contributed by atoms with Gasteiger partial charge in [0.15, 0.2) is 0 Å². The molecule has 0 radical (unpaired) electrons. The van der Waals surface area contributed by atoms with Crippen LogP contribution in [-0.2, 0) is 31.9 Å². The van der Waals surface area contributed by atoms with Crippen molar-refractivity contribution in [1.29, 1.82) is 0 Å². The maximum Gasteiger partial charge on any atom is 0.330 e. The van der Waals surface area contributed by atoms with E-state index < -0.39 is 23.8 Å². The monoisotopic (exact) mass is 343 g/mol. The number of carbonyl (C=O) groups is 4. The molecule has 0 saturated carbocycles. The van der Waals surface area contributed by atoms with Crippen molar-refractivity contribution < 1.29 is 28.7 Å². The standard InChI is InChI=1S/C18H17NO6/c1-3-15(20)24-7-5-11-9-13-14(18(23)19-17(13)22)10-12(11)6-8-25-16(21)4-2/h3-4,9-10H,1-2,5-8H2,(H,19,22,23). The molecule has 0 aliphatic carbocycles. The van der Waals surface area contributed by atoms with E-state index >= 15 is 0 Å². The predicted octanol–water partition coefficient (Wildman–Crippen LogP) is 1.11. The SMILES string of the molecule is C=CC(=O)OCCc1cc2c(cc1CCOC(=O)C=C)C(=O)NC2=O. The zero-order valence-electron chi connectivity index (χ0n) is 13.5. The van der Waals surface area contributed by atoms with Crippen molar-refractivity contribution in [3.63, 3.8) is 0 Å². The first-order chi connectivity index (χ1) is 12.0. The van der Waals surface area contributed by atoms with Gasteiger partial charge in [-0.05, 0) is 23.3 Å². The Morgan fingerprint density at radius 1 is 0.880 bits per heavy atom. The van der Waals surface area contributed by atoms with Crippen LogP contribution in [0.3, 0.4) is 0 Å². The third-order valence-corrected chi connectivity index (χ3v) is 3.62. The third-order valence-electron chi connectivity index (χ3n) is 3.62. The van der Waals surface area contributed by atoms with Crippen molar-refractivity contribution in [1.82, 2.24) is 5.32 Å². The molecule has 1 aromatic rings. The molecule has 0 aromatic heterocycles. The Morgan fingerprint density at radius 2 is 1.28 bits per heavy atom. The predicted molar refractivity (Wildman–Crippen MR) is 88.0 cm³/mol. The van der Waals surface area contributed by atoms with Crippen LogP contribution < -0.4 is 5.32 Å². The first kappa shape index (κ1) is 18.1. The topological polar surface area (TPSA) is 98.8 Å². The van der Waals surface area contributed by atoms with Gasteiger partial charge in [-0.1, -0.05) is 13.2 Å². The van der Waals surface area contributed by atoms with Crippen LogP contribution in [-0.4, -0.2) is 37.0 Å². The van der Waals surface area contributed by atoms with Crippen molar-refractivity contribution in [2.75, 3.05) is 13.2 Å². The number of hydrogen-bond donors (Lipinski definition) is 1. The Kier molecular flexibility index (Phi) is 5.84. The minimum atomic E-state index is -0.546. The molecule has 1 N–H and O–H groups in total. The van der Waals surface area contributed by atoms with Gasteiger partial charge < -0.3 is 9.47 Å². The zero-order chi connectivity index (χ0) is 18.4. The van der Waals surface area contributed by atoms with Crippen LogP contribution in [0.25, 0.3) is 0 Å². The van der Waals surface area contributed by atoms with E-state index in [1.54, 1.807) is 12.1 Å². The van der Waals surface area contributed by atoms with Gasteiger partial charge in [-0.2, -0.15) is 0 Å². The molecule has 1 aliphatic rings. The summed E-state index contributed by atoms with van der Waals surface area (Å²) in [6.45, 7) is 6.82. The molecule has 0 saturated heterocycles. The molecule has 0 bridgehead atoms. The molecule has 0 unspecified atom stereocenters. The zero-order valence-corrected chi connectivity index (χ0v) is 13.5. The summed E-state index contributed by atoms with van der Waals surface area (Å²) in [6.07, 6.45) is 2.81. The van der Waals surface area contributed by atoms with Crippen LogP contribution in [0.5, 0.6) is 0 Å². The first-order valence-corrected chi connectivity index (χ1v) is 7.56. The molecule has 25 heavy (non-hydrogen) atoms. The number of imide groups is 1. The second kappa shape index (κ2) is 8.05. The molecule has 130 valence electrons. The van der Waals surface area contributed by atoms with E-state index in [2.05, 4.69) is 18.5 Å². The quantitative estimate of drug-likeness (QED) is 0.431. The number of carbonyl (C=O) groups excluding carboxylic acids is 4. The molecule has 0 atom stereocenters. The van der Waals surface area contributed by atoms with Crippen molar-refractivity contribution >= 4 is 23.8 Å². The fraction of sp³-hybridized carbons (Fsp3) is 0.222. The summed E-state index contributed by atoms with van der Waals surface area (Å²) in [7, 11) is 0. The number of amides is 2. The van der Waals surface area contributed by atoms with Crippen LogP contribution in [0.2, 0.25) is 0 Å². The highest BCUT2D eigenvalue weighted by Crippen LogP contribution is 2.22. The normalized spacial score (nSPS) is 12.2. The van der Waals surface area contributed by atoms with Gasteiger partial charge in [0, 0.05) is 25.0 Å². The second-order valence-corrected chi connectivity index (χ2v) is 5.19. The minimum Gasteiger partial charge on any atom is -0.462 e. The molecule has 2 rings (SSSR count). The Bertz CT molecular complexity index is 702. The van der Waals surface area contributed by atoms with Gasteiger partial charge in [0.1, 0.15) is 0 Å². The largest absolute Gasteiger partial charge is 0.462 e. The van der Waals surface area contributed by atoms with Crippen molar-refractivity contribution in [2.24, 2.45) is 0 Å². The van der Waals surface area contributed by atoms with Gasteiger partial charge >= 0.3 is 11.9 Å². The number of esters is 2. The van der Waals surface area contributed by atoms with Gasteiger partial charge in [-0.15, -0.1) is 0 Å². The van der Waals surface area contributed by atoms with Gasteiger partial charge in [0.2, 0.25) is 0 Å². The molecule has 7 heteroatoms. The van der Waals surface area contributed by atoms with Gasteiger partial charge in [0.25, 0.3) is 11.8 Å². The lowest BCUT2D eigenvalue weighted by Gasteiger charge is -2.12. The van der Waals surface area contributed by atoms with Crippen molar-refractivity contribution in [3.05, 3.63) is 59.7 Å².